The van der Waals surface area contributed by atoms with Crippen LogP contribution in [-0.4, -0.2) is 15.9 Å². The Kier molecular flexibility index (Phi) is 6.35. The van der Waals surface area contributed by atoms with E-state index < -0.39 is 0 Å². The van der Waals surface area contributed by atoms with Crippen LogP contribution in [0.2, 0.25) is 0 Å². The van der Waals surface area contributed by atoms with Crippen LogP contribution >= 0.6 is 11.3 Å². The molecule has 0 aliphatic heterocycles. The number of amides is 1. The van der Waals surface area contributed by atoms with Crippen molar-refractivity contribution in [1.29, 1.82) is 0 Å². The molecule has 140 valence electrons. The Morgan fingerprint density at radius 2 is 1.96 bits per heavy atom. The van der Waals surface area contributed by atoms with E-state index in [2.05, 4.69) is 60.3 Å². The lowest BCUT2D eigenvalue weighted by Crippen LogP contribution is -2.32. The maximum atomic E-state index is 12.6. The zero-order chi connectivity index (χ0) is 19.2. The molecule has 0 bridgehead atoms. The highest BCUT2D eigenvalue weighted by atomic mass is 32.1. The molecule has 0 fully saturated rings. The second kappa shape index (κ2) is 8.91. The van der Waals surface area contributed by atoms with Gasteiger partial charge in [-0.15, -0.1) is 11.3 Å². The Morgan fingerprint density at radius 3 is 2.59 bits per heavy atom. The molecule has 0 aliphatic carbocycles. The van der Waals surface area contributed by atoms with Gasteiger partial charge in [0.2, 0.25) is 5.91 Å². The van der Waals surface area contributed by atoms with Gasteiger partial charge in [0.25, 0.3) is 0 Å². The minimum atomic E-state index is -0.00342. The van der Waals surface area contributed by atoms with Gasteiger partial charge in [-0.25, -0.2) is 4.98 Å². The molecule has 5 heteroatoms. The molecule has 0 radical (unpaired) electrons. The predicted molar refractivity (Wildman–Crippen MR) is 111 cm³/mol. The van der Waals surface area contributed by atoms with Crippen molar-refractivity contribution in [2.45, 2.75) is 39.7 Å². The third kappa shape index (κ3) is 5.01. The number of hydrogen-bond donors (Lipinski definition) is 1. The summed E-state index contributed by atoms with van der Waals surface area (Å²) in [5.41, 5.74) is 4.22. The van der Waals surface area contributed by atoms with Gasteiger partial charge in [0.05, 0.1) is 18.2 Å². The third-order valence-electron chi connectivity index (χ3n) is 4.53. The molecule has 1 amide bonds. The average molecular weight is 380 g/mol. The number of thiazole rings is 1. The van der Waals surface area contributed by atoms with Crippen LogP contribution in [0, 0.1) is 5.92 Å². The van der Waals surface area contributed by atoms with E-state index >= 15 is 0 Å². The highest BCUT2D eigenvalue weighted by Gasteiger charge is 2.19. The van der Waals surface area contributed by atoms with Gasteiger partial charge in [-0.2, -0.15) is 0 Å². The van der Waals surface area contributed by atoms with Gasteiger partial charge in [0.1, 0.15) is 5.01 Å². The second-order valence-corrected chi connectivity index (χ2v) is 7.80. The largest absolute Gasteiger partial charge is 0.349 e. The summed E-state index contributed by atoms with van der Waals surface area (Å²) in [6.45, 7) is 6.40. The molecular formula is C22H25N3OS. The van der Waals surface area contributed by atoms with E-state index in [1.165, 1.54) is 16.9 Å². The predicted octanol–water partition coefficient (Wildman–Crippen LogP) is 4.82. The molecular weight excluding hydrogens is 354 g/mol. The minimum absolute atomic E-state index is 0.000152. The maximum Gasteiger partial charge on any atom is 0.226 e. The van der Waals surface area contributed by atoms with Crippen molar-refractivity contribution in [3.8, 4) is 10.6 Å². The fourth-order valence-electron chi connectivity index (χ4n) is 2.99. The molecule has 2 heterocycles. The topological polar surface area (TPSA) is 54.9 Å². The van der Waals surface area contributed by atoms with E-state index in [1.807, 2.05) is 17.5 Å². The van der Waals surface area contributed by atoms with Crippen molar-refractivity contribution in [2.24, 2.45) is 5.92 Å². The normalized spacial score (nSPS) is 12.1. The average Bonchev–Trinajstić information content (AvgIpc) is 3.15. The lowest BCUT2D eigenvalue weighted by molar-refractivity contribution is -0.121. The van der Waals surface area contributed by atoms with Gasteiger partial charge in [0.15, 0.2) is 0 Å². The molecule has 0 saturated heterocycles. The molecule has 1 aromatic carbocycles. The number of pyridine rings is 1. The Labute approximate surface area is 164 Å². The SMILES string of the molecule is CCc1ccc(C(NC(=O)Cc2csc(-c3cccnc3)n2)C(C)C)cc1. The van der Waals surface area contributed by atoms with Crippen LogP contribution in [0.1, 0.15) is 43.6 Å². The number of aromatic nitrogens is 2. The van der Waals surface area contributed by atoms with Crippen molar-refractivity contribution in [2.75, 3.05) is 0 Å². The number of nitrogens with one attached hydrogen (secondary N) is 1. The van der Waals surface area contributed by atoms with Crippen molar-refractivity contribution in [1.82, 2.24) is 15.3 Å². The zero-order valence-electron chi connectivity index (χ0n) is 16.0. The van der Waals surface area contributed by atoms with Crippen LogP contribution in [0.4, 0.5) is 0 Å². The highest BCUT2D eigenvalue weighted by Crippen LogP contribution is 2.24. The monoisotopic (exact) mass is 379 g/mol. The van der Waals surface area contributed by atoms with Crippen LogP contribution in [-0.2, 0) is 17.6 Å². The molecule has 0 saturated carbocycles. The quantitative estimate of drug-likeness (QED) is 0.640. The number of aryl methyl sites for hydroxylation is 1. The van der Waals surface area contributed by atoms with Crippen molar-refractivity contribution >= 4 is 17.2 Å². The zero-order valence-corrected chi connectivity index (χ0v) is 16.8. The van der Waals surface area contributed by atoms with Gasteiger partial charge >= 0.3 is 0 Å². The first-order chi connectivity index (χ1) is 13.1. The van der Waals surface area contributed by atoms with Crippen LogP contribution < -0.4 is 5.32 Å². The maximum absolute atomic E-state index is 12.6. The van der Waals surface area contributed by atoms with Gasteiger partial charge in [0, 0.05) is 23.3 Å². The molecule has 1 atom stereocenters. The number of hydrogen-bond acceptors (Lipinski definition) is 4. The number of rotatable bonds is 7. The van der Waals surface area contributed by atoms with Crippen LogP contribution in [0.15, 0.2) is 54.2 Å². The van der Waals surface area contributed by atoms with Crippen molar-refractivity contribution in [3.63, 3.8) is 0 Å². The molecule has 27 heavy (non-hydrogen) atoms. The molecule has 3 aromatic rings. The van der Waals surface area contributed by atoms with E-state index in [4.69, 9.17) is 0 Å². The van der Waals surface area contributed by atoms with E-state index in [9.17, 15) is 4.79 Å². The van der Waals surface area contributed by atoms with E-state index in [0.29, 0.717) is 5.92 Å². The Hall–Kier alpha value is -2.53. The second-order valence-electron chi connectivity index (χ2n) is 6.95. The van der Waals surface area contributed by atoms with Gasteiger partial charge in [-0.05, 0) is 35.6 Å². The minimum Gasteiger partial charge on any atom is -0.349 e. The molecule has 1 unspecified atom stereocenters. The lowest BCUT2D eigenvalue weighted by Gasteiger charge is -2.23. The summed E-state index contributed by atoms with van der Waals surface area (Å²) in [6, 6.07) is 12.4. The Bertz CT molecular complexity index is 872. The first-order valence-corrected chi connectivity index (χ1v) is 10.2. The molecule has 2 aromatic heterocycles. The Balaban J connectivity index is 1.67. The van der Waals surface area contributed by atoms with Crippen molar-refractivity contribution in [3.05, 3.63) is 71.0 Å². The summed E-state index contributed by atoms with van der Waals surface area (Å²) in [5, 5.41) is 6.02. The summed E-state index contributed by atoms with van der Waals surface area (Å²) < 4.78 is 0. The van der Waals surface area contributed by atoms with E-state index in [-0.39, 0.29) is 18.4 Å². The first-order valence-electron chi connectivity index (χ1n) is 9.29. The Morgan fingerprint density at radius 1 is 1.19 bits per heavy atom. The van der Waals surface area contributed by atoms with Gasteiger partial charge in [-0.1, -0.05) is 45.0 Å². The summed E-state index contributed by atoms with van der Waals surface area (Å²) in [5.74, 6) is 0.305. The van der Waals surface area contributed by atoms with Gasteiger partial charge in [-0.3, -0.25) is 9.78 Å². The molecule has 0 spiro atoms. The number of benzene rings is 1. The summed E-state index contributed by atoms with van der Waals surface area (Å²) >= 11 is 1.54. The third-order valence-corrected chi connectivity index (χ3v) is 5.47. The van der Waals surface area contributed by atoms with E-state index in [1.54, 1.807) is 12.4 Å². The van der Waals surface area contributed by atoms with Crippen LogP contribution in [0.5, 0.6) is 0 Å². The molecule has 0 aliphatic rings. The van der Waals surface area contributed by atoms with E-state index in [0.717, 1.165) is 28.2 Å². The molecule has 3 rings (SSSR count). The van der Waals surface area contributed by atoms with Crippen LogP contribution in [0.3, 0.4) is 0 Å². The van der Waals surface area contributed by atoms with Crippen LogP contribution in [0.25, 0.3) is 10.6 Å². The summed E-state index contributed by atoms with van der Waals surface area (Å²) in [7, 11) is 0. The standard InChI is InChI=1S/C22H25N3OS/c1-4-16-7-9-17(10-8-16)21(15(2)3)25-20(26)12-19-14-27-22(24-19)18-6-5-11-23-13-18/h5-11,13-15,21H,4,12H2,1-3H3,(H,25,26). The fourth-order valence-corrected chi connectivity index (χ4v) is 3.81. The fraction of sp³-hybridized carbons (Fsp3) is 0.318. The number of nitrogens with zero attached hydrogens (tertiary/aromatic N) is 2. The summed E-state index contributed by atoms with van der Waals surface area (Å²) in [4.78, 5) is 21.3. The smallest absolute Gasteiger partial charge is 0.226 e. The highest BCUT2D eigenvalue weighted by molar-refractivity contribution is 7.13. The molecule has 1 N–H and O–H groups in total. The first kappa shape index (κ1) is 19.2. The van der Waals surface area contributed by atoms with Gasteiger partial charge < -0.3 is 5.32 Å². The lowest BCUT2D eigenvalue weighted by atomic mass is 9.94. The van der Waals surface area contributed by atoms with Crippen molar-refractivity contribution < 1.29 is 4.79 Å². The summed E-state index contributed by atoms with van der Waals surface area (Å²) in [6.07, 6.45) is 4.83. The number of carbonyl (C=O) groups is 1. The number of carbonyl (C=O) groups excluding carboxylic acids is 1. The molecule has 4 nitrogen and oxygen atoms in total.